The van der Waals surface area contributed by atoms with E-state index < -0.39 is 0 Å². The molecule has 1 N–H and O–H groups in total. The predicted octanol–water partition coefficient (Wildman–Crippen LogP) is 2.33. The van der Waals surface area contributed by atoms with E-state index in [9.17, 15) is 9.59 Å². The minimum atomic E-state index is -0.380. The van der Waals surface area contributed by atoms with Crippen molar-refractivity contribution in [3.05, 3.63) is 0 Å². The third kappa shape index (κ3) is 2.99. The van der Waals surface area contributed by atoms with Gasteiger partial charge in [-0.05, 0) is 51.4 Å². The largest absolute Gasteiger partial charge is 0.342 e. The van der Waals surface area contributed by atoms with Crippen LogP contribution in [0.4, 0.5) is 0 Å². The zero-order valence-electron chi connectivity index (χ0n) is 13.6. The van der Waals surface area contributed by atoms with Crippen LogP contribution in [0.2, 0.25) is 0 Å². The van der Waals surface area contributed by atoms with Gasteiger partial charge in [0.25, 0.3) is 0 Å². The first-order valence-corrected chi connectivity index (χ1v) is 7.66. The number of nitrogens with one attached hydrogen (secondary N) is 1. The predicted molar refractivity (Wildman–Crippen MR) is 79.1 cm³/mol. The lowest BCUT2D eigenvalue weighted by Crippen LogP contribution is -2.68. The maximum atomic E-state index is 12.8. The average molecular weight is 280 g/mol. The van der Waals surface area contributed by atoms with Crippen molar-refractivity contribution in [3.63, 3.8) is 0 Å². The lowest BCUT2D eigenvalue weighted by atomic mass is 9.79. The van der Waals surface area contributed by atoms with Crippen LogP contribution in [0.1, 0.15) is 60.8 Å². The molecule has 4 nitrogen and oxygen atoms in total. The molecule has 20 heavy (non-hydrogen) atoms. The fourth-order valence-corrected chi connectivity index (χ4v) is 3.75. The standard InChI is InChI=1S/C16H28N2O2/c1-10-13(19)17-12(11-7-8-11)14(20)18(10)16(5,6)9-15(2,3)4/h10-12H,7-9H2,1-6H3,(H,17,19). The normalized spacial score (nSPS) is 28.6. The highest BCUT2D eigenvalue weighted by molar-refractivity contribution is 5.97. The van der Waals surface area contributed by atoms with Crippen LogP contribution in [0, 0.1) is 11.3 Å². The Labute approximate surface area is 122 Å². The summed E-state index contributed by atoms with van der Waals surface area (Å²) in [6.07, 6.45) is 2.98. The molecule has 4 heteroatoms. The lowest BCUT2D eigenvalue weighted by molar-refractivity contribution is -0.156. The summed E-state index contributed by atoms with van der Waals surface area (Å²) in [5.74, 6) is 0.448. The molecule has 0 aromatic heterocycles. The Morgan fingerprint density at radius 1 is 1.15 bits per heavy atom. The van der Waals surface area contributed by atoms with E-state index in [-0.39, 0.29) is 34.9 Å². The summed E-state index contributed by atoms with van der Waals surface area (Å²) in [7, 11) is 0. The third-order valence-corrected chi connectivity index (χ3v) is 4.28. The minimum absolute atomic E-state index is 0.0107. The first kappa shape index (κ1) is 15.3. The third-order valence-electron chi connectivity index (χ3n) is 4.28. The quantitative estimate of drug-likeness (QED) is 0.862. The highest BCUT2D eigenvalue weighted by Crippen LogP contribution is 2.39. The van der Waals surface area contributed by atoms with E-state index in [4.69, 9.17) is 0 Å². The van der Waals surface area contributed by atoms with E-state index >= 15 is 0 Å². The molecule has 0 aromatic rings. The Morgan fingerprint density at radius 2 is 1.70 bits per heavy atom. The molecule has 0 bridgehead atoms. The smallest absolute Gasteiger partial charge is 0.246 e. The van der Waals surface area contributed by atoms with E-state index in [1.807, 2.05) is 11.8 Å². The first-order chi connectivity index (χ1) is 9.03. The van der Waals surface area contributed by atoms with Crippen molar-refractivity contribution < 1.29 is 9.59 Å². The van der Waals surface area contributed by atoms with Gasteiger partial charge in [-0.2, -0.15) is 0 Å². The van der Waals surface area contributed by atoms with Crippen LogP contribution in [0.15, 0.2) is 0 Å². The summed E-state index contributed by atoms with van der Waals surface area (Å²) in [6, 6.07) is -0.673. The van der Waals surface area contributed by atoms with Crippen LogP contribution >= 0.6 is 0 Å². The molecule has 1 saturated heterocycles. The van der Waals surface area contributed by atoms with Crippen LogP contribution in [0.5, 0.6) is 0 Å². The zero-order chi connectivity index (χ0) is 15.3. The maximum Gasteiger partial charge on any atom is 0.246 e. The molecule has 1 aliphatic heterocycles. The molecule has 0 spiro atoms. The summed E-state index contributed by atoms with van der Waals surface area (Å²) in [5, 5.41) is 2.91. The van der Waals surface area contributed by atoms with Gasteiger partial charge in [0.2, 0.25) is 11.8 Å². The van der Waals surface area contributed by atoms with Gasteiger partial charge in [0.05, 0.1) is 0 Å². The Balaban J connectivity index is 2.25. The minimum Gasteiger partial charge on any atom is -0.342 e. The fraction of sp³-hybridized carbons (Fsp3) is 0.875. The Kier molecular flexibility index (Phi) is 3.64. The number of carbonyl (C=O) groups excluding carboxylic acids is 2. The molecule has 1 aliphatic carbocycles. The topological polar surface area (TPSA) is 49.4 Å². The molecule has 2 aliphatic rings. The van der Waals surface area contributed by atoms with Crippen molar-refractivity contribution in [2.75, 3.05) is 0 Å². The summed E-state index contributed by atoms with van der Waals surface area (Å²) < 4.78 is 0. The molecule has 0 radical (unpaired) electrons. The number of hydrogen-bond donors (Lipinski definition) is 1. The van der Waals surface area contributed by atoms with Crippen LogP contribution < -0.4 is 5.32 Å². The summed E-state index contributed by atoms with van der Waals surface area (Å²) >= 11 is 0. The molecule has 0 aromatic carbocycles. The fourth-order valence-electron chi connectivity index (χ4n) is 3.75. The number of rotatable bonds is 3. The van der Waals surface area contributed by atoms with Gasteiger partial charge in [-0.15, -0.1) is 0 Å². The molecule has 2 fully saturated rings. The van der Waals surface area contributed by atoms with Crippen molar-refractivity contribution in [1.82, 2.24) is 10.2 Å². The van der Waals surface area contributed by atoms with Crippen molar-refractivity contribution in [2.24, 2.45) is 11.3 Å². The van der Waals surface area contributed by atoms with Crippen LogP contribution in [-0.2, 0) is 9.59 Å². The molecule has 2 amide bonds. The van der Waals surface area contributed by atoms with Gasteiger partial charge >= 0.3 is 0 Å². The van der Waals surface area contributed by atoms with Crippen molar-refractivity contribution in [3.8, 4) is 0 Å². The second-order valence-electron chi connectivity index (χ2n) is 8.26. The van der Waals surface area contributed by atoms with Gasteiger partial charge < -0.3 is 10.2 Å². The molecule has 2 unspecified atom stereocenters. The SMILES string of the molecule is CC1C(=O)NC(C2CC2)C(=O)N1C(C)(C)CC(C)(C)C. The highest BCUT2D eigenvalue weighted by Gasteiger charge is 2.50. The number of nitrogens with zero attached hydrogens (tertiary/aromatic N) is 1. The van der Waals surface area contributed by atoms with E-state index in [0.29, 0.717) is 5.92 Å². The molecule has 1 saturated carbocycles. The van der Waals surface area contributed by atoms with Gasteiger partial charge in [-0.25, -0.2) is 0 Å². The van der Waals surface area contributed by atoms with Gasteiger partial charge in [0, 0.05) is 5.54 Å². The van der Waals surface area contributed by atoms with Crippen LogP contribution in [0.25, 0.3) is 0 Å². The lowest BCUT2D eigenvalue weighted by Gasteiger charge is -2.49. The van der Waals surface area contributed by atoms with E-state index in [1.165, 1.54) is 0 Å². The van der Waals surface area contributed by atoms with Crippen molar-refractivity contribution >= 4 is 11.8 Å². The van der Waals surface area contributed by atoms with E-state index in [0.717, 1.165) is 19.3 Å². The van der Waals surface area contributed by atoms with Gasteiger partial charge in [-0.3, -0.25) is 9.59 Å². The van der Waals surface area contributed by atoms with Gasteiger partial charge in [0.15, 0.2) is 0 Å². The molecule has 1 heterocycles. The Bertz CT molecular complexity index is 419. The molecule has 2 rings (SSSR count). The van der Waals surface area contributed by atoms with E-state index in [1.54, 1.807) is 0 Å². The highest BCUT2D eigenvalue weighted by atomic mass is 16.2. The molecular weight excluding hydrogens is 252 g/mol. The zero-order valence-corrected chi connectivity index (χ0v) is 13.6. The molecule has 2 atom stereocenters. The van der Waals surface area contributed by atoms with E-state index in [2.05, 4.69) is 39.9 Å². The van der Waals surface area contributed by atoms with Crippen molar-refractivity contribution in [2.45, 2.75) is 78.4 Å². The van der Waals surface area contributed by atoms with Crippen molar-refractivity contribution in [1.29, 1.82) is 0 Å². The second kappa shape index (κ2) is 4.74. The summed E-state index contributed by atoms with van der Waals surface area (Å²) in [5.41, 5.74) is -0.188. The average Bonchev–Trinajstić information content (AvgIpc) is 3.03. The number of piperazine rings is 1. The maximum absolute atomic E-state index is 12.8. The van der Waals surface area contributed by atoms with Gasteiger partial charge in [-0.1, -0.05) is 20.8 Å². The first-order valence-electron chi connectivity index (χ1n) is 7.66. The summed E-state index contributed by atoms with van der Waals surface area (Å²) in [6.45, 7) is 12.5. The van der Waals surface area contributed by atoms with Gasteiger partial charge in [0.1, 0.15) is 12.1 Å². The Hall–Kier alpha value is -1.06. The number of amides is 2. The monoisotopic (exact) mass is 280 g/mol. The second-order valence-corrected chi connectivity index (χ2v) is 8.26. The van der Waals surface area contributed by atoms with Crippen LogP contribution in [-0.4, -0.2) is 34.3 Å². The number of carbonyl (C=O) groups is 2. The van der Waals surface area contributed by atoms with Crippen LogP contribution in [0.3, 0.4) is 0 Å². The molecular formula is C16H28N2O2. The number of hydrogen-bond acceptors (Lipinski definition) is 2. The summed E-state index contributed by atoms with van der Waals surface area (Å²) in [4.78, 5) is 26.8. The Morgan fingerprint density at radius 3 is 2.15 bits per heavy atom. The molecule has 114 valence electrons.